The third-order valence-electron chi connectivity index (χ3n) is 6.03. The number of carbonyl (C=O) groups excluding carboxylic acids is 1. The number of carbonyl (C=O) groups is 1. The van der Waals surface area contributed by atoms with Crippen LogP contribution in [0.3, 0.4) is 0 Å². The standard InChI is InChI=1S/C26H23ClN2O3S2/c27-20-13-6-10-18-11-7-15-22(23(18)20)34(31,32)29-26-24(19-12-4-5-14-21(19)33-26)25(30)28-16-17-8-2-1-3-9-17/h1-3,6-11,13,15,29H,4-5,12,14,16H2,(H,28,30). The van der Waals surface area contributed by atoms with Crippen LogP contribution < -0.4 is 10.0 Å². The Morgan fingerprint density at radius 1 is 0.941 bits per heavy atom. The van der Waals surface area contributed by atoms with Gasteiger partial charge in [-0.15, -0.1) is 11.3 Å². The second kappa shape index (κ2) is 9.41. The van der Waals surface area contributed by atoms with Gasteiger partial charge in [0.05, 0.1) is 10.5 Å². The minimum absolute atomic E-state index is 0.0950. The van der Waals surface area contributed by atoms with Gasteiger partial charge in [-0.05, 0) is 54.3 Å². The van der Waals surface area contributed by atoms with Gasteiger partial charge in [0.15, 0.2) is 0 Å². The maximum absolute atomic E-state index is 13.5. The van der Waals surface area contributed by atoms with E-state index in [9.17, 15) is 13.2 Å². The maximum Gasteiger partial charge on any atom is 0.263 e. The summed E-state index contributed by atoms with van der Waals surface area (Å²) in [6, 6.07) is 20.0. The molecule has 3 aromatic carbocycles. The summed E-state index contributed by atoms with van der Waals surface area (Å²) in [5, 5.41) is 4.90. The highest BCUT2D eigenvalue weighted by Crippen LogP contribution is 2.40. The molecule has 5 nitrogen and oxygen atoms in total. The quantitative estimate of drug-likeness (QED) is 0.326. The largest absolute Gasteiger partial charge is 0.348 e. The summed E-state index contributed by atoms with van der Waals surface area (Å²) in [6.45, 7) is 0.370. The Labute approximate surface area is 207 Å². The Morgan fingerprint density at radius 2 is 1.68 bits per heavy atom. The topological polar surface area (TPSA) is 75.3 Å². The molecular formula is C26H23ClN2O3S2. The first kappa shape index (κ1) is 22.9. The van der Waals surface area contributed by atoms with Gasteiger partial charge < -0.3 is 5.32 Å². The molecule has 0 fully saturated rings. The van der Waals surface area contributed by atoms with E-state index in [0.29, 0.717) is 27.5 Å². The number of amides is 1. The Morgan fingerprint density at radius 3 is 2.47 bits per heavy atom. The number of rotatable bonds is 6. The monoisotopic (exact) mass is 510 g/mol. The first-order valence-electron chi connectivity index (χ1n) is 11.1. The highest BCUT2D eigenvalue weighted by Gasteiger charge is 2.29. The molecule has 0 unspecified atom stereocenters. The summed E-state index contributed by atoms with van der Waals surface area (Å²) in [5.41, 5.74) is 2.37. The molecule has 1 aliphatic rings. The van der Waals surface area contributed by atoms with Crippen LogP contribution >= 0.6 is 22.9 Å². The zero-order chi connectivity index (χ0) is 23.7. The lowest BCUT2D eigenvalue weighted by Crippen LogP contribution is -2.25. The number of hydrogen-bond acceptors (Lipinski definition) is 4. The van der Waals surface area contributed by atoms with Gasteiger partial charge in [-0.25, -0.2) is 8.42 Å². The first-order valence-corrected chi connectivity index (χ1v) is 13.8. The normalized spacial score (nSPS) is 13.4. The molecule has 0 spiro atoms. The summed E-state index contributed by atoms with van der Waals surface area (Å²) in [6.07, 6.45) is 3.63. The Bertz CT molecular complexity index is 1480. The Hall–Kier alpha value is -2.87. The van der Waals surface area contributed by atoms with Crippen LogP contribution in [0.25, 0.3) is 10.8 Å². The van der Waals surface area contributed by atoms with Gasteiger partial charge in [0, 0.05) is 21.8 Å². The van der Waals surface area contributed by atoms with Gasteiger partial charge in [-0.3, -0.25) is 9.52 Å². The fourth-order valence-corrected chi connectivity index (χ4v) is 7.59. The molecule has 2 N–H and O–H groups in total. The van der Waals surface area contributed by atoms with Gasteiger partial charge >= 0.3 is 0 Å². The van der Waals surface area contributed by atoms with Crippen molar-refractivity contribution in [3.05, 3.63) is 93.3 Å². The summed E-state index contributed by atoms with van der Waals surface area (Å²) in [5.74, 6) is -0.267. The molecule has 1 amide bonds. The van der Waals surface area contributed by atoms with Crippen molar-refractivity contribution in [1.29, 1.82) is 0 Å². The minimum Gasteiger partial charge on any atom is -0.348 e. The number of halogens is 1. The van der Waals surface area contributed by atoms with E-state index >= 15 is 0 Å². The van der Waals surface area contributed by atoms with E-state index in [1.807, 2.05) is 42.5 Å². The van der Waals surface area contributed by atoms with Crippen molar-refractivity contribution in [1.82, 2.24) is 5.32 Å². The summed E-state index contributed by atoms with van der Waals surface area (Å²) >= 11 is 7.74. The number of aryl methyl sites for hydroxylation is 1. The number of anilines is 1. The van der Waals surface area contributed by atoms with E-state index in [1.54, 1.807) is 24.3 Å². The van der Waals surface area contributed by atoms with Crippen LogP contribution in [0.5, 0.6) is 0 Å². The smallest absolute Gasteiger partial charge is 0.263 e. The van der Waals surface area contributed by atoms with Crippen molar-refractivity contribution in [3.63, 3.8) is 0 Å². The van der Waals surface area contributed by atoms with Crippen molar-refractivity contribution in [3.8, 4) is 0 Å². The fraction of sp³-hybridized carbons (Fsp3) is 0.192. The van der Waals surface area contributed by atoms with E-state index in [4.69, 9.17) is 11.6 Å². The molecule has 1 aromatic heterocycles. The number of nitrogens with one attached hydrogen (secondary N) is 2. The molecule has 1 aliphatic carbocycles. The SMILES string of the molecule is O=C(NCc1ccccc1)c1c(NS(=O)(=O)c2cccc3cccc(Cl)c23)sc2c1CCCC2. The predicted octanol–water partition coefficient (Wildman–Crippen LogP) is 6.16. The molecule has 4 aromatic rings. The van der Waals surface area contributed by atoms with E-state index in [1.165, 1.54) is 11.3 Å². The minimum atomic E-state index is -3.99. The molecule has 0 radical (unpaired) electrons. The van der Waals surface area contributed by atoms with Gasteiger partial charge in [0.2, 0.25) is 0 Å². The van der Waals surface area contributed by atoms with Crippen LogP contribution in [0.15, 0.2) is 71.6 Å². The van der Waals surface area contributed by atoms with E-state index < -0.39 is 10.0 Å². The van der Waals surface area contributed by atoms with Crippen molar-refractivity contribution in [2.75, 3.05) is 4.72 Å². The van der Waals surface area contributed by atoms with Crippen LogP contribution in [0.1, 0.15) is 39.2 Å². The summed E-state index contributed by atoms with van der Waals surface area (Å²) < 4.78 is 29.8. The molecule has 0 aliphatic heterocycles. The van der Waals surface area contributed by atoms with Crippen LogP contribution in [-0.4, -0.2) is 14.3 Å². The van der Waals surface area contributed by atoms with Gasteiger partial charge in [-0.2, -0.15) is 0 Å². The van der Waals surface area contributed by atoms with Gasteiger partial charge in [0.1, 0.15) is 5.00 Å². The average molecular weight is 511 g/mol. The molecule has 5 rings (SSSR count). The molecule has 174 valence electrons. The van der Waals surface area contributed by atoms with Crippen LogP contribution in [0, 0.1) is 0 Å². The fourth-order valence-electron chi connectivity index (χ4n) is 4.41. The third kappa shape index (κ3) is 4.43. The number of benzene rings is 3. The van der Waals surface area contributed by atoms with Gasteiger partial charge in [0.25, 0.3) is 15.9 Å². The molecule has 34 heavy (non-hydrogen) atoms. The molecule has 0 atom stereocenters. The lowest BCUT2D eigenvalue weighted by atomic mass is 9.95. The third-order valence-corrected chi connectivity index (χ3v) is 9.07. The second-order valence-corrected chi connectivity index (χ2v) is 11.4. The summed E-state index contributed by atoms with van der Waals surface area (Å²) in [7, 11) is -3.99. The maximum atomic E-state index is 13.5. The zero-order valence-electron chi connectivity index (χ0n) is 18.3. The van der Waals surface area contributed by atoms with Crippen molar-refractivity contribution >= 4 is 54.6 Å². The lowest BCUT2D eigenvalue weighted by Gasteiger charge is -2.14. The highest BCUT2D eigenvalue weighted by molar-refractivity contribution is 7.93. The Kier molecular flexibility index (Phi) is 6.34. The van der Waals surface area contributed by atoms with E-state index in [2.05, 4.69) is 10.0 Å². The van der Waals surface area contributed by atoms with Crippen LogP contribution in [-0.2, 0) is 29.4 Å². The van der Waals surface area contributed by atoms with Crippen molar-refractivity contribution < 1.29 is 13.2 Å². The van der Waals surface area contributed by atoms with Crippen molar-refractivity contribution in [2.24, 2.45) is 0 Å². The number of thiophene rings is 1. The number of hydrogen-bond donors (Lipinski definition) is 2. The highest BCUT2D eigenvalue weighted by atomic mass is 35.5. The number of fused-ring (bicyclic) bond motifs is 2. The van der Waals surface area contributed by atoms with Crippen LogP contribution in [0.4, 0.5) is 5.00 Å². The Balaban J connectivity index is 1.52. The molecule has 0 saturated carbocycles. The average Bonchev–Trinajstić information content (AvgIpc) is 3.20. The second-order valence-electron chi connectivity index (χ2n) is 8.28. The molecule has 0 saturated heterocycles. The predicted molar refractivity (Wildman–Crippen MR) is 138 cm³/mol. The lowest BCUT2D eigenvalue weighted by molar-refractivity contribution is 0.0951. The van der Waals surface area contributed by atoms with Gasteiger partial charge in [-0.1, -0.05) is 66.2 Å². The molecule has 0 bridgehead atoms. The number of sulfonamides is 1. The molecular weight excluding hydrogens is 488 g/mol. The first-order chi connectivity index (χ1) is 16.4. The van der Waals surface area contributed by atoms with E-state index in [0.717, 1.165) is 47.1 Å². The summed E-state index contributed by atoms with van der Waals surface area (Å²) in [4.78, 5) is 14.5. The molecule has 1 heterocycles. The molecule has 8 heteroatoms. The van der Waals surface area contributed by atoms with E-state index in [-0.39, 0.29) is 10.8 Å². The van der Waals surface area contributed by atoms with Crippen LogP contribution in [0.2, 0.25) is 5.02 Å². The van der Waals surface area contributed by atoms with Crippen molar-refractivity contribution in [2.45, 2.75) is 37.1 Å². The zero-order valence-corrected chi connectivity index (χ0v) is 20.7.